The highest BCUT2D eigenvalue weighted by molar-refractivity contribution is 5.01. The molecule has 0 aromatic carbocycles. The molecule has 0 aliphatic carbocycles. The van der Waals surface area contributed by atoms with Crippen LogP contribution in [0.1, 0.15) is 5.69 Å². The van der Waals surface area contributed by atoms with Crippen molar-refractivity contribution in [1.82, 2.24) is 14.8 Å². The van der Waals surface area contributed by atoms with E-state index in [4.69, 9.17) is 4.74 Å². The number of pyridine rings is 1. The Morgan fingerprint density at radius 3 is 2.76 bits per heavy atom. The number of ether oxygens (including phenoxy) is 1. The standard InChI is InChI=1S/C13H21N3O/c1-15-6-8-16(9-7-15)10-11-17-12-13-4-2-3-5-14-13/h2-5H,6-12H2,1H3. The van der Waals surface area contributed by atoms with Crippen LogP contribution in [-0.2, 0) is 11.3 Å². The Morgan fingerprint density at radius 2 is 2.06 bits per heavy atom. The zero-order valence-corrected chi connectivity index (χ0v) is 10.5. The molecule has 0 unspecified atom stereocenters. The van der Waals surface area contributed by atoms with Gasteiger partial charge in [-0.2, -0.15) is 0 Å². The molecule has 1 aromatic rings. The Morgan fingerprint density at radius 1 is 1.24 bits per heavy atom. The first-order chi connectivity index (χ1) is 8.34. The average molecular weight is 235 g/mol. The topological polar surface area (TPSA) is 28.6 Å². The molecule has 17 heavy (non-hydrogen) atoms. The monoisotopic (exact) mass is 235 g/mol. The fourth-order valence-electron chi connectivity index (χ4n) is 1.93. The minimum Gasteiger partial charge on any atom is -0.374 e. The maximum absolute atomic E-state index is 5.63. The predicted octanol–water partition coefficient (Wildman–Crippen LogP) is 0.846. The summed E-state index contributed by atoms with van der Waals surface area (Å²) in [5.41, 5.74) is 1.01. The molecule has 0 spiro atoms. The Labute approximate surface area is 103 Å². The predicted molar refractivity (Wildman–Crippen MR) is 67.8 cm³/mol. The lowest BCUT2D eigenvalue weighted by Gasteiger charge is -2.32. The minimum atomic E-state index is 0.620. The van der Waals surface area contributed by atoms with Gasteiger partial charge in [0.05, 0.1) is 18.9 Å². The molecule has 1 aliphatic rings. The van der Waals surface area contributed by atoms with E-state index < -0.39 is 0 Å². The van der Waals surface area contributed by atoms with Gasteiger partial charge >= 0.3 is 0 Å². The minimum absolute atomic E-state index is 0.620. The van der Waals surface area contributed by atoms with Gasteiger partial charge in [0.2, 0.25) is 0 Å². The van der Waals surface area contributed by atoms with E-state index >= 15 is 0 Å². The van der Waals surface area contributed by atoms with E-state index in [1.165, 1.54) is 13.1 Å². The summed E-state index contributed by atoms with van der Waals surface area (Å²) in [7, 11) is 2.18. The largest absolute Gasteiger partial charge is 0.374 e. The van der Waals surface area contributed by atoms with Gasteiger partial charge in [-0.15, -0.1) is 0 Å². The van der Waals surface area contributed by atoms with E-state index in [1.807, 2.05) is 18.2 Å². The summed E-state index contributed by atoms with van der Waals surface area (Å²) in [6.45, 7) is 7.09. The van der Waals surface area contributed by atoms with E-state index in [0.29, 0.717) is 6.61 Å². The van der Waals surface area contributed by atoms with Crippen molar-refractivity contribution in [2.75, 3.05) is 46.4 Å². The maximum Gasteiger partial charge on any atom is 0.0888 e. The average Bonchev–Trinajstić information content (AvgIpc) is 2.38. The van der Waals surface area contributed by atoms with E-state index in [-0.39, 0.29) is 0 Å². The van der Waals surface area contributed by atoms with Crippen molar-refractivity contribution in [2.45, 2.75) is 6.61 Å². The van der Waals surface area contributed by atoms with Crippen molar-refractivity contribution in [3.63, 3.8) is 0 Å². The first-order valence-corrected chi connectivity index (χ1v) is 6.23. The lowest BCUT2D eigenvalue weighted by molar-refractivity contribution is 0.0725. The molecular weight excluding hydrogens is 214 g/mol. The van der Waals surface area contributed by atoms with Gasteiger partial charge in [0.25, 0.3) is 0 Å². The molecule has 1 aromatic heterocycles. The summed E-state index contributed by atoms with van der Waals surface area (Å²) in [5, 5.41) is 0. The second-order valence-corrected chi connectivity index (χ2v) is 4.52. The molecule has 1 saturated heterocycles. The van der Waals surface area contributed by atoms with Gasteiger partial charge in [-0.25, -0.2) is 0 Å². The molecule has 0 N–H and O–H groups in total. The second-order valence-electron chi connectivity index (χ2n) is 4.52. The third-order valence-corrected chi connectivity index (χ3v) is 3.12. The Hall–Kier alpha value is -0.970. The van der Waals surface area contributed by atoms with Crippen LogP contribution in [0, 0.1) is 0 Å². The highest BCUT2D eigenvalue weighted by Crippen LogP contribution is 2.00. The molecular formula is C13H21N3O. The number of hydrogen-bond donors (Lipinski definition) is 0. The van der Waals surface area contributed by atoms with E-state index in [2.05, 4.69) is 21.8 Å². The van der Waals surface area contributed by atoms with Crippen LogP contribution in [0.3, 0.4) is 0 Å². The molecule has 4 heteroatoms. The lowest BCUT2D eigenvalue weighted by Crippen LogP contribution is -2.45. The van der Waals surface area contributed by atoms with Crippen LogP contribution in [0.4, 0.5) is 0 Å². The number of likely N-dealkylation sites (N-methyl/N-ethyl adjacent to an activating group) is 1. The third kappa shape index (κ3) is 4.42. The van der Waals surface area contributed by atoms with E-state index in [0.717, 1.165) is 31.9 Å². The van der Waals surface area contributed by atoms with Crippen molar-refractivity contribution in [3.8, 4) is 0 Å². The highest BCUT2D eigenvalue weighted by atomic mass is 16.5. The first-order valence-electron chi connectivity index (χ1n) is 6.23. The van der Waals surface area contributed by atoms with Crippen molar-refractivity contribution >= 4 is 0 Å². The van der Waals surface area contributed by atoms with Crippen LogP contribution >= 0.6 is 0 Å². The Balaban J connectivity index is 1.57. The Bertz CT molecular complexity index is 310. The number of rotatable bonds is 5. The third-order valence-electron chi connectivity index (χ3n) is 3.12. The summed E-state index contributed by atoms with van der Waals surface area (Å²) >= 11 is 0. The van der Waals surface area contributed by atoms with Crippen LogP contribution in [0.15, 0.2) is 24.4 Å². The molecule has 0 bridgehead atoms. The Kier molecular flexibility index (Phi) is 4.91. The second kappa shape index (κ2) is 6.69. The highest BCUT2D eigenvalue weighted by Gasteiger charge is 2.12. The molecule has 0 radical (unpaired) electrons. The number of nitrogens with zero attached hydrogens (tertiary/aromatic N) is 3. The molecule has 1 fully saturated rings. The van der Waals surface area contributed by atoms with Gasteiger partial charge in [-0.05, 0) is 19.2 Å². The van der Waals surface area contributed by atoms with Crippen molar-refractivity contribution in [3.05, 3.63) is 30.1 Å². The summed E-state index contributed by atoms with van der Waals surface area (Å²) in [5.74, 6) is 0. The van der Waals surface area contributed by atoms with E-state index in [1.54, 1.807) is 6.20 Å². The summed E-state index contributed by atoms with van der Waals surface area (Å²) in [4.78, 5) is 9.05. The lowest BCUT2D eigenvalue weighted by atomic mass is 10.3. The molecule has 2 rings (SSSR count). The number of piperazine rings is 1. The fourth-order valence-corrected chi connectivity index (χ4v) is 1.93. The molecule has 4 nitrogen and oxygen atoms in total. The molecule has 0 saturated carbocycles. The molecule has 0 atom stereocenters. The smallest absolute Gasteiger partial charge is 0.0888 e. The zero-order valence-electron chi connectivity index (χ0n) is 10.5. The quantitative estimate of drug-likeness (QED) is 0.707. The fraction of sp³-hybridized carbons (Fsp3) is 0.615. The summed E-state index contributed by atoms with van der Waals surface area (Å²) in [6.07, 6.45) is 1.80. The first kappa shape index (κ1) is 12.5. The zero-order chi connectivity index (χ0) is 11.9. The maximum atomic E-state index is 5.63. The normalized spacial score (nSPS) is 18.4. The van der Waals surface area contributed by atoms with Crippen LogP contribution in [0.25, 0.3) is 0 Å². The van der Waals surface area contributed by atoms with Crippen LogP contribution in [-0.4, -0.2) is 61.2 Å². The number of hydrogen-bond acceptors (Lipinski definition) is 4. The molecule has 94 valence electrons. The summed E-state index contributed by atoms with van der Waals surface area (Å²) in [6, 6.07) is 5.91. The van der Waals surface area contributed by atoms with Crippen LogP contribution in [0.5, 0.6) is 0 Å². The van der Waals surface area contributed by atoms with Crippen LogP contribution < -0.4 is 0 Å². The van der Waals surface area contributed by atoms with Gasteiger partial charge in [0.1, 0.15) is 0 Å². The van der Waals surface area contributed by atoms with Gasteiger partial charge in [-0.1, -0.05) is 6.07 Å². The van der Waals surface area contributed by atoms with Gasteiger partial charge < -0.3 is 9.64 Å². The van der Waals surface area contributed by atoms with Gasteiger partial charge in [-0.3, -0.25) is 9.88 Å². The SMILES string of the molecule is CN1CCN(CCOCc2ccccn2)CC1. The van der Waals surface area contributed by atoms with Gasteiger partial charge in [0, 0.05) is 38.9 Å². The number of aromatic nitrogens is 1. The molecule has 1 aliphatic heterocycles. The van der Waals surface area contributed by atoms with Crippen molar-refractivity contribution in [1.29, 1.82) is 0 Å². The van der Waals surface area contributed by atoms with Crippen molar-refractivity contribution < 1.29 is 4.74 Å². The molecule has 0 amide bonds. The van der Waals surface area contributed by atoms with E-state index in [9.17, 15) is 0 Å². The summed E-state index contributed by atoms with van der Waals surface area (Å²) < 4.78 is 5.63. The molecule has 2 heterocycles. The van der Waals surface area contributed by atoms with Crippen molar-refractivity contribution in [2.24, 2.45) is 0 Å². The van der Waals surface area contributed by atoms with Gasteiger partial charge in [0.15, 0.2) is 0 Å². The van der Waals surface area contributed by atoms with Crippen LogP contribution in [0.2, 0.25) is 0 Å².